The molecule has 0 amide bonds. The lowest BCUT2D eigenvalue weighted by atomic mass is 9.89. The number of aryl methyl sites for hydroxylation is 1. The average molecular weight is 232 g/mol. The van der Waals surface area contributed by atoms with Crippen LogP contribution < -0.4 is 11.1 Å². The van der Waals surface area contributed by atoms with E-state index in [2.05, 4.69) is 29.6 Å². The molecule has 2 rings (SSSR count). The maximum atomic E-state index is 5.53. The zero-order valence-electron chi connectivity index (χ0n) is 10.6. The lowest BCUT2D eigenvalue weighted by Crippen LogP contribution is -2.26. The Kier molecular flexibility index (Phi) is 5.02. The van der Waals surface area contributed by atoms with Gasteiger partial charge in [0.05, 0.1) is 0 Å². The van der Waals surface area contributed by atoms with E-state index in [0.29, 0.717) is 0 Å². The SMILES string of the molecule is NCCCCc1cccc(C2CCNCC2)c1. The zero-order chi connectivity index (χ0) is 11.9. The van der Waals surface area contributed by atoms with Gasteiger partial charge in [-0.2, -0.15) is 0 Å². The van der Waals surface area contributed by atoms with Crippen molar-refractivity contribution in [2.75, 3.05) is 19.6 Å². The summed E-state index contributed by atoms with van der Waals surface area (Å²) in [4.78, 5) is 0. The van der Waals surface area contributed by atoms with Crippen LogP contribution in [0.2, 0.25) is 0 Å². The van der Waals surface area contributed by atoms with Crippen LogP contribution in [0.5, 0.6) is 0 Å². The van der Waals surface area contributed by atoms with Gasteiger partial charge in [-0.15, -0.1) is 0 Å². The minimum atomic E-state index is 0.769. The molecular weight excluding hydrogens is 208 g/mol. The maximum Gasteiger partial charge on any atom is -0.00431 e. The molecule has 0 unspecified atom stereocenters. The van der Waals surface area contributed by atoms with Gasteiger partial charge in [0, 0.05) is 0 Å². The summed E-state index contributed by atoms with van der Waals surface area (Å²) in [7, 11) is 0. The number of benzene rings is 1. The van der Waals surface area contributed by atoms with Gasteiger partial charge in [-0.05, 0) is 68.8 Å². The number of hydrogen-bond acceptors (Lipinski definition) is 2. The Hall–Kier alpha value is -0.860. The second-order valence-corrected chi connectivity index (χ2v) is 5.02. The fraction of sp³-hybridized carbons (Fsp3) is 0.600. The Morgan fingerprint density at radius 3 is 2.76 bits per heavy atom. The molecule has 0 saturated carbocycles. The standard InChI is InChI=1S/C15H24N2/c16-9-2-1-4-13-5-3-6-15(12-13)14-7-10-17-11-8-14/h3,5-6,12,14,17H,1-2,4,7-11,16H2. The summed E-state index contributed by atoms with van der Waals surface area (Å²) in [5.41, 5.74) is 8.55. The monoisotopic (exact) mass is 232 g/mol. The predicted molar refractivity (Wildman–Crippen MR) is 73.3 cm³/mol. The fourth-order valence-corrected chi connectivity index (χ4v) is 2.63. The maximum absolute atomic E-state index is 5.53. The highest BCUT2D eigenvalue weighted by molar-refractivity contribution is 5.27. The highest BCUT2D eigenvalue weighted by Gasteiger charge is 2.14. The Balaban J connectivity index is 1.95. The largest absolute Gasteiger partial charge is 0.330 e. The van der Waals surface area contributed by atoms with Crippen LogP contribution in [0, 0.1) is 0 Å². The van der Waals surface area contributed by atoms with Crippen molar-refractivity contribution in [3.8, 4) is 0 Å². The molecule has 1 fully saturated rings. The highest BCUT2D eigenvalue weighted by Crippen LogP contribution is 2.25. The van der Waals surface area contributed by atoms with E-state index in [1.807, 2.05) is 0 Å². The Labute approximate surface area is 105 Å². The average Bonchev–Trinajstić information content (AvgIpc) is 2.41. The Bertz CT molecular complexity index is 329. The summed E-state index contributed by atoms with van der Waals surface area (Å²) in [5.74, 6) is 0.769. The molecule has 17 heavy (non-hydrogen) atoms. The van der Waals surface area contributed by atoms with E-state index in [-0.39, 0.29) is 0 Å². The molecular formula is C15H24N2. The number of piperidine rings is 1. The number of hydrogen-bond donors (Lipinski definition) is 2. The molecule has 2 nitrogen and oxygen atoms in total. The number of rotatable bonds is 5. The quantitative estimate of drug-likeness (QED) is 0.765. The molecule has 0 radical (unpaired) electrons. The summed E-state index contributed by atoms with van der Waals surface area (Å²) >= 11 is 0. The molecule has 1 aromatic carbocycles. The second kappa shape index (κ2) is 6.77. The Morgan fingerprint density at radius 2 is 2.00 bits per heavy atom. The van der Waals surface area contributed by atoms with Gasteiger partial charge < -0.3 is 11.1 Å². The normalized spacial score (nSPS) is 17.2. The first-order valence-electron chi connectivity index (χ1n) is 6.90. The summed E-state index contributed by atoms with van der Waals surface area (Å²) < 4.78 is 0. The molecule has 0 aromatic heterocycles. The molecule has 1 saturated heterocycles. The zero-order valence-corrected chi connectivity index (χ0v) is 10.6. The minimum Gasteiger partial charge on any atom is -0.330 e. The summed E-state index contributed by atoms with van der Waals surface area (Å²) in [5, 5.41) is 3.43. The lowest BCUT2D eigenvalue weighted by molar-refractivity contribution is 0.460. The van der Waals surface area contributed by atoms with Crippen molar-refractivity contribution in [2.24, 2.45) is 5.73 Å². The molecule has 2 heteroatoms. The molecule has 1 aliphatic rings. The summed E-state index contributed by atoms with van der Waals surface area (Å²) in [6.07, 6.45) is 6.10. The van der Waals surface area contributed by atoms with Crippen LogP contribution in [-0.4, -0.2) is 19.6 Å². The van der Waals surface area contributed by atoms with Crippen molar-refractivity contribution >= 4 is 0 Å². The predicted octanol–water partition coefficient (Wildman–Crippen LogP) is 2.44. The van der Waals surface area contributed by atoms with E-state index < -0.39 is 0 Å². The molecule has 1 aliphatic heterocycles. The second-order valence-electron chi connectivity index (χ2n) is 5.02. The van der Waals surface area contributed by atoms with Crippen molar-refractivity contribution in [3.63, 3.8) is 0 Å². The first kappa shape index (κ1) is 12.6. The van der Waals surface area contributed by atoms with Gasteiger partial charge in [0.25, 0.3) is 0 Å². The molecule has 3 N–H and O–H groups in total. The Morgan fingerprint density at radius 1 is 1.18 bits per heavy atom. The van der Waals surface area contributed by atoms with Crippen LogP contribution in [0.3, 0.4) is 0 Å². The van der Waals surface area contributed by atoms with E-state index in [1.165, 1.54) is 49.9 Å². The summed E-state index contributed by atoms with van der Waals surface area (Å²) in [6, 6.07) is 9.17. The first-order valence-corrected chi connectivity index (χ1v) is 6.90. The van der Waals surface area contributed by atoms with E-state index in [1.54, 1.807) is 0 Å². The van der Waals surface area contributed by atoms with Gasteiger partial charge in [0.2, 0.25) is 0 Å². The van der Waals surface area contributed by atoms with E-state index in [4.69, 9.17) is 5.73 Å². The van der Waals surface area contributed by atoms with Gasteiger partial charge in [-0.25, -0.2) is 0 Å². The van der Waals surface area contributed by atoms with Crippen molar-refractivity contribution in [1.82, 2.24) is 5.32 Å². The molecule has 0 atom stereocenters. The third-order valence-corrected chi connectivity index (χ3v) is 3.68. The number of nitrogens with two attached hydrogens (primary N) is 1. The molecule has 0 aliphatic carbocycles. The lowest BCUT2D eigenvalue weighted by Gasteiger charge is -2.23. The molecule has 94 valence electrons. The molecule has 1 heterocycles. The molecule has 0 bridgehead atoms. The summed E-state index contributed by atoms with van der Waals surface area (Å²) in [6.45, 7) is 3.15. The van der Waals surface area contributed by atoms with Gasteiger partial charge >= 0.3 is 0 Å². The van der Waals surface area contributed by atoms with E-state index in [9.17, 15) is 0 Å². The van der Waals surface area contributed by atoms with Crippen LogP contribution in [0.1, 0.15) is 42.7 Å². The first-order chi connectivity index (χ1) is 8.40. The van der Waals surface area contributed by atoms with Crippen LogP contribution in [0.15, 0.2) is 24.3 Å². The molecule has 0 spiro atoms. The van der Waals surface area contributed by atoms with Crippen molar-refractivity contribution in [3.05, 3.63) is 35.4 Å². The van der Waals surface area contributed by atoms with Crippen LogP contribution in [-0.2, 0) is 6.42 Å². The van der Waals surface area contributed by atoms with Crippen molar-refractivity contribution in [1.29, 1.82) is 0 Å². The van der Waals surface area contributed by atoms with Crippen LogP contribution in [0.25, 0.3) is 0 Å². The van der Waals surface area contributed by atoms with Crippen molar-refractivity contribution in [2.45, 2.75) is 38.0 Å². The number of nitrogens with one attached hydrogen (secondary N) is 1. The van der Waals surface area contributed by atoms with E-state index >= 15 is 0 Å². The van der Waals surface area contributed by atoms with Gasteiger partial charge in [-0.1, -0.05) is 24.3 Å². The van der Waals surface area contributed by atoms with Crippen molar-refractivity contribution < 1.29 is 0 Å². The topological polar surface area (TPSA) is 38.0 Å². The number of unbranched alkanes of at least 4 members (excludes halogenated alkanes) is 1. The van der Waals surface area contributed by atoms with Gasteiger partial charge in [0.1, 0.15) is 0 Å². The third-order valence-electron chi connectivity index (χ3n) is 3.68. The fourth-order valence-electron chi connectivity index (χ4n) is 2.63. The highest BCUT2D eigenvalue weighted by atomic mass is 14.9. The van der Waals surface area contributed by atoms with E-state index in [0.717, 1.165) is 18.9 Å². The van der Waals surface area contributed by atoms with Gasteiger partial charge in [-0.3, -0.25) is 0 Å². The van der Waals surface area contributed by atoms with Crippen LogP contribution in [0.4, 0.5) is 0 Å². The smallest absolute Gasteiger partial charge is 0.00431 e. The van der Waals surface area contributed by atoms with Gasteiger partial charge in [0.15, 0.2) is 0 Å². The third kappa shape index (κ3) is 3.83. The van der Waals surface area contributed by atoms with Crippen LogP contribution >= 0.6 is 0 Å². The molecule has 1 aromatic rings. The minimum absolute atomic E-state index is 0.769.